The van der Waals surface area contributed by atoms with Gasteiger partial charge in [-0.05, 0) is 19.9 Å². The second kappa shape index (κ2) is 2.74. The number of fused-ring (bicyclic) bond motifs is 3. The molecule has 0 aliphatic carbocycles. The number of nitro benzene ring substituents is 1. The highest BCUT2D eigenvalue weighted by Crippen LogP contribution is 2.54. The van der Waals surface area contributed by atoms with Crippen LogP contribution in [-0.2, 0) is 4.74 Å². The first-order chi connectivity index (χ1) is 7.49. The van der Waals surface area contributed by atoms with E-state index in [2.05, 4.69) is 0 Å². The van der Waals surface area contributed by atoms with Crippen LogP contribution in [0.15, 0.2) is 18.2 Å². The predicted octanol–water partition coefficient (Wildman–Crippen LogP) is 2.21. The summed E-state index contributed by atoms with van der Waals surface area (Å²) in [6.07, 6.45) is 0.112. The zero-order chi connectivity index (χ0) is 11.5. The smallest absolute Gasteiger partial charge is 0.273 e. The Labute approximate surface area is 92.1 Å². The molecule has 1 aromatic rings. The van der Waals surface area contributed by atoms with Gasteiger partial charge < -0.3 is 9.47 Å². The Hall–Kier alpha value is -1.62. The molecule has 2 aliphatic heterocycles. The molecule has 0 N–H and O–H groups in total. The molecule has 1 aromatic carbocycles. The molecule has 84 valence electrons. The topological polar surface area (TPSA) is 64.9 Å². The molecule has 5 nitrogen and oxygen atoms in total. The molecule has 0 spiro atoms. The molecule has 0 unspecified atom stereocenters. The Balaban J connectivity index is 2.07. The lowest BCUT2D eigenvalue weighted by Gasteiger charge is -2.29. The molecule has 0 amide bonds. The normalized spacial score (nSPS) is 28.6. The van der Waals surface area contributed by atoms with Gasteiger partial charge >= 0.3 is 0 Å². The van der Waals surface area contributed by atoms with Gasteiger partial charge in [0.2, 0.25) is 0 Å². The second-order valence-electron chi connectivity index (χ2n) is 4.66. The largest absolute Gasteiger partial charge is 0.484 e. The van der Waals surface area contributed by atoms with Gasteiger partial charge in [0.25, 0.3) is 5.69 Å². The van der Waals surface area contributed by atoms with Crippen molar-refractivity contribution < 1.29 is 14.4 Å². The predicted molar refractivity (Wildman–Crippen MR) is 55.4 cm³/mol. The van der Waals surface area contributed by atoms with Crippen LogP contribution in [0.2, 0.25) is 0 Å². The second-order valence-corrected chi connectivity index (χ2v) is 4.66. The molecule has 2 aliphatic rings. The van der Waals surface area contributed by atoms with Crippen molar-refractivity contribution in [3.8, 4) is 5.75 Å². The van der Waals surface area contributed by atoms with Crippen molar-refractivity contribution in [2.24, 2.45) is 0 Å². The quantitative estimate of drug-likeness (QED) is 0.414. The summed E-state index contributed by atoms with van der Waals surface area (Å²) >= 11 is 0. The van der Waals surface area contributed by atoms with Gasteiger partial charge in [-0.2, -0.15) is 0 Å². The first-order valence-electron chi connectivity index (χ1n) is 5.12. The Morgan fingerprint density at radius 2 is 2.19 bits per heavy atom. The number of benzene rings is 1. The summed E-state index contributed by atoms with van der Waals surface area (Å²) in [6, 6.07) is 4.67. The van der Waals surface area contributed by atoms with Crippen molar-refractivity contribution >= 4 is 5.69 Å². The lowest BCUT2D eigenvalue weighted by atomic mass is 9.94. The van der Waals surface area contributed by atoms with Crippen LogP contribution in [0.5, 0.6) is 5.75 Å². The average molecular weight is 221 g/mol. The van der Waals surface area contributed by atoms with E-state index in [-0.39, 0.29) is 17.9 Å². The van der Waals surface area contributed by atoms with Crippen molar-refractivity contribution in [2.75, 3.05) is 0 Å². The van der Waals surface area contributed by atoms with E-state index in [1.807, 2.05) is 13.8 Å². The molecule has 1 fully saturated rings. The van der Waals surface area contributed by atoms with E-state index >= 15 is 0 Å². The molecule has 2 atom stereocenters. The maximum absolute atomic E-state index is 10.7. The van der Waals surface area contributed by atoms with Gasteiger partial charge in [-0.15, -0.1) is 0 Å². The van der Waals surface area contributed by atoms with E-state index in [0.717, 1.165) is 5.56 Å². The molecule has 5 heteroatoms. The summed E-state index contributed by atoms with van der Waals surface area (Å²) in [6.45, 7) is 3.86. The third kappa shape index (κ3) is 1.21. The van der Waals surface area contributed by atoms with E-state index < -0.39 is 10.5 Å². The fourth-order valence-corrected chi connectivity index (χ4v) is 2.18. The van der Waals surface area contributed by atoms with Crippen LogP contribution < -0.4 is 4.74 Å². The summed E-state index contributed by atoms with van der Waals surface area (Å²) in [7, 11) is 0. The van der Waals surface area contributed by atoms with Gasteiger partial charge in [0, 0.05) is 11.6 Å². The van der Waals surface area contributed by atoms with Crippen LogP contribution in [0.3, 0.4) is 0 Å². The van der Waals surface area contributed by atoms with Crippen molar-refractivity contribution in [1.29, 1.82) is 0 Å². The third-order valence-corrected chi connectivity index (χ3v) is 3.06. The fourth-order valence-electron chi connectivity index (χ4n) is 2.18. The van der Waals surface area contributed by atoms with E-state index in [0.29, 0.717) is 5.75 Å². The van der Waals surface area contributed by atoms with Gasteiger partial charge in [0.15, 0.2) is 0 Å². The Morgan fingerprint density at radius 1 is 1.44 bits per heavy atom. The SMILES string of the molecule is CC1(C)Oc2cc([N+](=O)[O-])ccc2[C@H]2O[C@@H]21. The van der Waals surface area contributed by atoms with Gasteiger partial charge in [0.1, 0.15) is 23.6 Å². The van der Waals surface area contributed by atoms with Crippen LogP contribution in [0.1, 0.15) is 25.5 Å². The number of epoxide rings is 1. The number of nitrogens with zero attached hydrogens (tertiary/aromatic N) is 1. The standard InChI is InChI=1S/C11H11NO4/c1-11(2)10-9(15-10)7-4-3-6(12(13)14)5-8(7)16-11/h3-5,9-10H,1-2H3/t9-,10+/m1/s1. The number of non-ortho nitro benzene ring substituents is 1. The van der Waals surface area contributed by atoms with Crippen LogP contribution in [-0.4, -0.2) is 16.6 Å². The number of nitro groups is 1. The maximum atomic E-state index is 10.7. The highest BCUT2D eigenvalue weighted by atomic mass is 16.6. The minimum absolute atomic E-state index is 0.0413. The Bertz CT molecular complexity index is 483. The summed E-state index contributed by atoms with van der Waals surface area (Å²) < 4.78 is 11.3. The lowest BCUT2D eigenvalue weighted by molar-refractivity contribution is -0.385. The van der Waals surface area contributed by atoms with Crippen LogP contribution in [0.4, 0.5) is 5.69 Å². The minimum atomic E-state index is -0.420. The minimum Gasteiger partial charge on any atom is -0.484 e. The number of ether oxygens (including phenoxy) is 2. The van der Waals surface area contributed by atoms with Crippen LogP contribution in [0, 0.1) is 10.1 Å². The van der Waals surface area contributed by atoms with Gasteiger partial charge in [-0.25, -0.2) is 0 Å². The third-order valence-electron chi connectivity index (χ3n) is 3.06. The molecular formula is C11H11NO4. The maximum Gasteiger partial charge on any atom is 0.273 e. The lowest BCUT2D eigenvalue weighted by Crippen LogP contribution is -2.37. The van der Waals surface area contributed by atoms with Gasteiger partial charge in [-0.3, -0.25) is 10.1 Å². The number of hydrogen-bond donors (Lipinski definition) is 0. The fraction of sp³-hybridized carbons (Fsp3) is 0.455. The van der Waals surface area contributed by atoms with Crippen molar-refractivity contribution in [3.63, 3.8) is 0 Å². The molecule has 2 heterocycles. The summed E-state index contributed by atoms with van der Waals surface area (Å²) in [5, 5.41) is 10.7. The highest BCUT2D eigenvalue weighted by molar-refractivity contribution is 5.49. The number of rotatable bonds is 1. The molecule has 0 bridgehead atoms. The zero-order valence-corrected chi connectivity index (χ0v) is 8.97. The summed E-state index contributed by atoms with van der Waals surface area (Å²) in [4.78, 5) is 10.2. The summed E-state index contributed by atoms with van der Waals surface area (Å²) in [5.74, 6) is 0.568. The highest BCUT2D eigenvalue weighted by Gasteiger charge is 2.56. The Morgan fingerprint density at radius 3 is 2.88 bits per heavy atom. The van der Waals surface area contributed by atoms with Gasteiger partial charge in [-0.1, -0.05) is 0 Å². The van der Waals surface area contributed by atoms with E-state index in [4.69, 9.17) is 9.47 Å². The van der Waals surface area contributed by atoms with Crippen LogP contribution >= 0.6 is 0 Å². The molecule has 0 radical (unpaired) electrons. The van der Waals surface area contributed by atoms with Gasteiger partial charge in [0.05, 0.1) is 11.0 Å². The van der Waals surface area contributed by atoms with E-state index in [9.17, 15) is 10.1 Å². The molecule has 1 saturated heterocycles. The first kappa shape index (κ1) is 9.59. The first-order valence-corrected chi connectivity index (χ1v) is 5.12. The molecular weight excluding hydrogens is 210 g/mol. The van der Waals surface area contributed by atoms with Crippen molar-refractivity contribution in [3.05, 3.63) is 33.9 Å². The Kier molecular flexibility index (Phi) is 1.64. The van der Waals surface area contributed by atoms with Crippen molar-refractivity contribution in [1.82, 2.24) is 0 Å². The molecule has 16 heavy (non-hydrogen) atoms. The van der Waals surface area contributed by atoms with E-state index in [1.54, 1.807) is 6.07 Å². The molecule has 0 aromatic heterocycles. The molecule has 3 rings (SSSR count). The monoisotopic (exact) mass is 221 g/mol. The molecule has 0 saturated carbocycles. The van der Waals surface area contributed by atoms with Crippen LogP contribution in [0.25, 0.3) is 0 Å². The van der Waals surface area contributed by atoms with E-state index in [1.165, 1.54) is 12.1 Å². The number of hydrogen-bond acceptors (Lipinski definition) is 4. The summed E-state index contributed by atoms with van der Waals surface area (Å²) in [5.41, 5.74) is 0.552. The zero-order valence-electron chi connectivity index (χ0n) is 8.97. The average Bonchev–Trinajstić information content (AvgIpc) is 2.96. The van der Waals surface area contributed by atoms with Crippen molar-refractivity contribution in [2.45, 2.75) is 31.7 Å².